The van der Waals surface area contributed by atoms with Gasteiger partial charge in [-0.25, -0.2) is 9.59 Å². The zero-order valence-corrected chi connectivity index (χ0v) is 31.4. The van der Waals surface area contributed by atoms with Crippen LogP contribution in [0.3, 0.4) is 0 Å². The fraction of sp³-hybridized carbons (Fsp3) is 0.474. The quantitative estimate of drug-likeness (QED) is 0.246. The van der Waals surface area contributed by atoms with E-state index < -0.39 is 65.8 Å². The fourth-order valence-corrected chi connectivity index (χ4v) is 6.48. The maximum Gasteiger partial charge on any atom is 0.409 e. The number of methoxy groups -OCH3 is 1. The average Bonchev–Trinajstić information content (AvgIpc) is 3.08. The predicted molar refractivity (Wildman–Crippen MR) is 197 cm³/mol. The number of amides is 3. The number of nitrogens with zero attached hydrogens (tertiary/aromatic N) is 2. The van der Waals surface area contributed by atoms with Crippen LogP contribution in [0.15, 0.2) is 60.2 Å². The third kappa shape index (κ3) is 9.44. The Morgan fingerprint density at radius 3 is 2.52 bits per heavy atom. The lowest BCUT2D eigenvalue weighted by Crippen LogP contribution is -2.57. The summed E-state index contributed by atoms with van der Waals surface area (Å²) in [4.78, 5) is 56.2. The van der Waals surface area contributed by atoms with Gasteiger partial charge in [-0.15, -0.1) is 0 Å². The molecule has 0 unspecified atom stereocenters. The number of carbonyl (C=O) groups is 4. The summed E-state index contributed by atoms with van der Waals surface area (Å²) in [5.41, 5.74) is 5.69. The van der Waals surface area contributed by atoms with Crippen LogP contribution in [-0.4, -0.2) is 90.3 Å². The number of ether oxygens (including phenoxy) is 3. The van der Waals surface area contributed by atoms with Crippen LogP contribution in [0, 0.1) is 5.41 Å². The molecule has 5 N–H and O–H groups in total. The summed E-state index contributed by atoms with van der Waals surface area (Å²) in [5, 5.41) is 25.7. The van der Waals surface area contributed by atoms with Crippen molar-refractivity contribution < 1.29 is 43.6 Å². The molecule has 14 heteroatoms. The Hall–Kier alpha value is -4.59. The number of alkyl carbamates (subject to hydrolysis) is 1. The van der Waals surface area contributed by atoms with Crippen molar-refractivity contribution in [2.24, 2.45) is 5.41 Å². The number of aliphatic hydroxyl groups excluding tert-OH is 1. The van der Waals surface area contributed by atoms with Crippen LogP contribution in [0.2, 0.25) is 5.02 Å². The average molecular weight is 741 g/mol. The number of carbonyl (C=O) groups excluding carboxylic acids is 4. The molecular weight excluding hydrogens is 692 g/mol. The van der Waals surface area contributed by atoms with Crippen molar-refractivity contribution in [3.63, 3.8) is 0 Å². The van der Waals surface area contributed by atoms with E-state index in [1.807, 2.05) is 13.0 Å². The minimum absolute atomic E-state index is 0.0375. The van der Waals surface area contributed by atoms with E-state index in [9.17, 15) is 29.4 Å². The molecule has 2 aromatic rings. The number of halogens is 1. The molecule has 2 aliphatic rings. The summed E-state index contributed by atoms with van der Waals surface area (Å²) < 4.78 is 17.0. The lowest BCUT2D eigenvalue weighted by Gasteiger charge is -2.42. The van der Waals surface area contributed by atoms with Crippen LogP contribution in [0.1, 0.15) is 69.3 Å². The van der Waals surface area contributed by atoms with Crippen molar-refractivity contribution in [1.82, 2.24) is 10.2 Å². The Balaban J connectivity index is 1.72. The van der Waals surface area contributed by atoms with Crippen molar-refractivity contribution in [2.75, 3.05) is 31.8 Å². The third-order valence-corrected chi connectivity index (χ3v) is 10.2. The number of anilines is 2. The topological polar surface area (TPSA) is 181 Å². The van der Waals surface area contributed by atoms with Crippen LogP contribution in [0.4, 0.5) is 16.2 Å². The van der Waals surface area contributed by atoms with Crippen LogP contribution in [0.25, 0.3) is 0 Å². The summed E-state index contributed by atoms with van der Waals surface area (Å²) in [7, 11) is 4.47. The minimum atomic E-state index is -1.65. The molecule has 4 bridgehead atoms. The van der Waals surface area contributed by atoms with E-state index in [2.05, 4.69) is 5.32 Å². The molecule has 0 spiro atoms. The number of allylic oxidation sites excluding steroid dienone is 3. The fourth-order valence-electron chi connectivity index (χ4n) is 6.17. The molecule has 2 aromatic carbocycles. The molecular formula is C38H49ClN4O9. The van der Waals surface area contributed by atoms with E-state index >= 15 is 0 Å². The Kier molecular flexibility index (Phi) is 12.7. The van der Waals surface area contributed by atoms with Gasteiger partial charge in [-0.1, -0.05) is 49.2 Å². The van der Waals surface area contributed by atoms with Gasteiger partial charge in [0.15, 0.2) is 0 Å². The molecule has 282 valence electrons. The molecule has 0 radical (unpaired) electrons. The second-order valence-corrected chi connectivity index (χ2v) is 14.6. The minimum Gasteiger partial charge on any atom is -0.495 e. The van der Waals surface area contributed by atoms with Gasteiger partial charge in [-0.3, -0.25) is 14.9 Å². The van der Waals surface area contributed by atoms with Gasteiger partial charge in [0.05, 0.1) is 25.3 Å². The first-order chi connectivity index (χ1) is 24.3. The van der Waals surface area contributed by atoms with Gasteiger partial charge < -0.3 is 40.0 Å². The number of nitrogens with one attached hydrogen (secondary N) is 1. The molecule has 1 fully saturated rings. The number of hydrogen-bond donors (Lipinski definition) is 4. The summed E-state index contributed by atoms with van der Waals surface area (Å²) in [6.07, 6.45) is 1.05. The zero-order valence-electron chi connectivity index (χ0n) is 30.6. The van der Waals surface area contributed by atoms with Crippen LogP contribution in [0.5, 0.6) is 5.75 Å². The molecule has 13 nitrogen and oxygen atoms in total. The smallest absolute Gasteiger partial charge is 0.409 e. The molecule has 3 amide bonds. The normalized spacial score (nSPS) is 26.2. The number of esters is 1. The Labute approximate surface area is 309 Å². The second kappa shape index (κ2) is 16.4. The highest BCUT2D eigenvalue weighted by Gasteiger charge is 2.46. The molecule has 0 aromatic heterocycles. The van der Waals surface area contributed by atoms with Crippen molar-refractivity contribution in [3.05, 3.63) is 76.3 Å². The van der Waals surface area contributed by atoms with Gasteiger partial charge >= 0.3 is 12.1 Å². The lowest BCUT2D eigenvalue weighted by molar-refractivity contribution is -0.168. The molecule has 2 heterocycles. The Bertz CT molecular complexity index is 1730. The molecule has 52 heavy (non-hydrogen) atoms. The van der Waals surface area contributed by atoms with Crippen molar-refractivity contribution >= 4 is 46.9 Å². The second-order valence-electron chi connectivity index (χ2n) is 14.2. The largest absolute Gasteiger partial charge is 0.495 e. The number of nitrogen functional groups attached to an aromatic ring is 1. The highest BCUT2D eigenvalue weighted by Crippen LogP contribution is 2.39. The predicted octanol–water partition coefficient (Wildman–Crippen LogP) is 4.77. The van der Waals surface area contributed by atoms with Crippen molar-refractivity contribution in [3.8, 4) is 5.75 Å². The molecule has 5 atom stereocenters. The standard InChI is InChI=1S/C38H49ClN4O9/c1-22-10-8-9-15-38(49)21-27(51-36(48)41-38)19-30(44)37(3,4)31(20-32(45)43(6)28-17-24(16-22)18-29(50-7)33(28)39)52-35(47)23(2)42(5)34(46)25-11-13-26(40)14-12-25/h8-14,17-18,23,27,30-31,44,49H,15-16,19-21,40H2,1-7H3,(H,41,48)/b9-8+,22-10+/t23-,27+,30-,31-,38+/m0/s1. The van der Waals surface area contributed by atoms with Crippen LogP contribution < -0.4 is 20.7 Å². The number of rotatable bonds is 5. The first-order valence-corrected chi connectivity index (χ1v) is 17.4. The number of aliphatic hydroxyl groups is 2. The highest BCUT2D eigenvalue weighted by molar-refractivity contribution is 6.35. The van der Waals surface area contributed by atoms with E-state index in [1.54, 1.807) is 69.4 Å². The summed E-state index contributed by atoms with van der Waals surface area (Å²) in [5.74, 6) is -1.41. The SMILES string of the molecule is COc1cc2cc(c1Cl)N(C)C(=O)C[C@H](OC(=O)[C@H](C)N(C)C(=O)c1ccc(N)cc1)C(C)(C)[C@@H](O)C[C@@H]1C[C@](O)(C/C=C/C=C(\C)C2)NC(=O)O1. The van der Waals surface area contributed by atoms with Crippen LogP contribution >= 0.6 is 11.6 Å². The van der Waals surface area contributed by atoms with E-state index in [-0.39, 0.29) is 24.3 Å². The maximum absolute atomic E-state index is 14.1. The Morgan fingerprint density at radius 2 is 1.87 bits per heavy atom. The summed E-state index contributed by atoms with van der Waals surface area (Å²) in [6.45, 7) is 6.67. The lowest BCUT2D eigenvalue weighted by atomic mass is 9.76. The van der Waals surface area contributed by atoms with E-state index in [4.69, 9.17) is 31.5 Å². The molecule has 1 saturated heterocycles. The Morgan fingerprint density at radius 1 is 1.19 bits per heavy atom. The summed E-state index contributed by atoms with van der Waals surface area (Å²) in [6, 6.07) is 8.71. The molecule has 4 rings (SSSR count). The third-order valence-electron chi connectivity index (χ3n) is 9.86. The zero-order chi connectivity index (χ0) is 38.5. The van der Waals surface area contributed by atoms with E-state index in [0.29, 0.717) is 29.1 Å². The number of hydrogen-bond acceptors (Lipinski definition) is 10. The number of fused-ring (bicyclic) bond motifs is 4. The maximum atomic E-state index is 14.1. The van der Waals surface area contributed by atoms with Gasteiger partial charge in [-0.05, 0) is 62.2 Å². The molecule has 0 saturated carbocycles. The van der Waals surface area contributed by atoms with Gasteiger partial charge in [0.2, 0.25) is 5.91 Å². The van der Waals surface area contributed by atoms with Gasteiger partial charge in [0.1, 0.15) is 34.7 Å². The highest BCUT2D eigenvalue weighted by atomic mass is 35.5. The number of likely N-dealkylation sites (N-methyl/N-ethyl adjacent to an activating group) is 1. The van der Waals surface area contributed by atoms with E-state index in [1.165, 1.54) is 30.9 Å². The van der Waals surface area contributed by atoms with Crippen molar-refractivity contribution in [2.45, 2.75) is 89.9 Å². The monoisotopic (exact) mass is 740 g/mol. The first-order valence-electron chi connectivity index (χ1n) is 17.0. The first kappa shape index (κ1) is 40.2. The molecule has 2 aliphatic heterocycles. The van der Waals surface area contributed by atoms with Gasteiger partial charge in [-0.2, -0.15) is 0 Å². The number of nitrogens with two attached hydrogens (primary N) is 1. The van der Waals surface area contributed by atoms with Crippen molar-refractivity contribution in [1.29, 1.82) is 0 Å². The molecule has 0 aliphatic carbocycles. The van der Waals surface area contributed by atoms with E-state index in [0.717, 1.165) is 11.1 Å². The summed E-state index contributed by atoms with van der Waals surface area (Å²) >= 11 is 6.72. The number of benzene rings is 2. The van der Waals surface area contributed by atoms with Gasteiger partial charge in [0, 0.05) is 50.0 Å². The van der Waals surface area contributed by atoms with Gasteiger partial charge in [0.25, 0.3) is 5.91 Å². The van der Waals surface area contributed by atoms with Crippen LogP contribution in [-0.2, 0) is 25.5 Å².